The molecule has 0 aliphatic carbocycles. The summed E-state index contributed by atoms with van der Waals surface area (Å²) in [5, 5.41) is 10.5. The van der Waals surface area contributed by atoms with Gasteiger partial charge < -0.3 is 14.6 Å². The molecule has 0 amide bonds. The van der Waals surface area contributed by atoms with E-state index in [0.29, 0.717) is 18.9 Å². The van der Waals surface area contributed by atoms with Crippen molar-refractivity contribution in [2.75, 3.05) is 24.5 Å². The second-order valence-electron chi connectivity index (χ2n) is 5.65. The molecule has 0 radical (unpaired) electrons. The van der Waals surface area contributed by atoms with E-state index < -0.39 is 15.6 Å². The smallest absolute Gasteiger partial charge is 0.259 e. The first kappa shape index (κ1) is 15.8. The summed E-state index contributed by atoms with van der Waals surface area (Å²) < 4.78 is 28.3. The average Bonchev–Trinajstić information content (AvgIpc) is 3.14. The van der Waals surface area contributed by atoms with Gasteiger partial charge in [-0.3, -0.25) is 0 Å². The molecule has 9 nitrogen and oxygen atoms in total. The summed E-state index contributed by atoms with van der Waals surface area (Å²) in [6, 6.07) is 1.72. The highest BCUT2D eigenvalue weighted by atomic mass is 32.2. The number of sulfonamides is 1. The topological polar surface area (TPSA) is 113 Å². The van der Waals surface area contributed by atoms with Gasteiger partial charge in [-0.1, -0.05) is 0 Å². The molecule has 0 bridgehead atoms. The van der Waals surface area contributed by atoms with Crippen molar-refractivity contribution in [1.29, 1.82) is 0 Å². The molecule has 1 saturated heterocycles. The number of nitrogens with one attached hydrogen (secondary N) is 1. The van der Waals surface area contributed by atoms with Crippen LogP contribution in [0.15, 0.2) is 36.0 Å². The molecular formula is C13H18N6O3S. The number of hydrogen-bond acceptors (Lipinski definition) is 7. The molecule has 1 aliphatic heterocycles. The predicted octanol–water partition coefficient (Wildman–Crippen LogP) is -0.870. The first-order valence-electron chi connectivity index (χ1n) is 7.10. The molecule has 124 valence electrons. The van der Waals surface area contributed by atoms with Crippen LogP contribution in [0.25, 0.3) is 0 Å². The second kappa shape index (κ2) is 5.87. The number of β-amino-alcohol motifs (C(OH)–C–C–N with tert-alkyl or cyclic N) is 1. The van der Waals surface area contributed by atoms with Crippen molar-refractivity contribution in [2.24, 2.45) is 7.05 Å². The number of hydrogen-bond donors (Lipinski definition) is 2. The zero-order valence-electron chi connectivity index (χ0n) is 12.6. The molecule has 2 aromatic heterocycles. The van der Waals surface area contributed by atoms with Gasteiger partial charge >= 0.3 is 0 Å². The Morgan fingerprint density at radius 3 is 2.74 bits per heavy atom. The summed E-state index contributed by atoms with van der Waals surface area (Å²) in [5.74, 6) is 0.524. The van der Waals surface area contributed by atoms with Crippen LogP contribution in [-0.4, -0.2) is 58.3 Å². The Morgan fingerprint density at radius 1 is 1.35 bits per heavy atom. The molecule has 23 heavy (non-hydrogen) atoms. The highest BCUT2D eigenvalue weighted by molar-refractivity contribution is 7.89. The largest absolute Gasteiger partial charge is 0.387 e. The number of anilines is 1. The van der Waals surface area contributed by atoms with Gasteiger partial charge in [-0.25, -0.2) is 28.1 Å². The lowest BCUT2D eigenvalue weighted by atomic mass is 10.0. The van der Waals surface area contributed by atoms with Crippen molar-refractivity contribution in [2.45, 2.75) is 17.0 Å². The third-order valence-corrected chi connectivity index (χ3v) is 5.00. The molecule has 10 heteroatoms. The summed E-state index contributed by atoms with van der Waals surface area (Å²) in [7, 11) is -2.05. The molecule has 0 aromatic carbocycles. The van der Waals surface area contributed by atoms with Crippen LogP contribution in [0.1, 0.15) is 6.42 Å². The molecule has 0 spiro atoms. The fourth-order valence-electron chi connectivity index (χ4n) is 2.46. The Balaban J connectivity index is 1.64. The molecule has 0 saturated carbocycles. The van der Waals surface area contributed by atoms with Gasteiger partial charge in [-0.15, -0.1) is 0 Å². The average molecular weight is 338 g/mol. The molecule has 2 N–H and O–H groups in total. The van der Waals surface area contributed by atoms with Crippen molar-refractivity contribution in [3.63, 3.8) is 0 Å². The predicted molar refractivity (Wildman–Crippen MR) is 82.2 cm³/mol. The van der Waals surface area contributed by atoms with Crippen LogP contribution in [-0.2, 0) is 17.1 Å². The summed E-state index contributed by atoms with van der Waals surface area (Å²) in [6.45, 7) is 0.739. The molecule has 3 rings (SSSR count). The van der Waals surface area contributed by atoms with Crippen LogP contribution in [0.3, 0.4) is 0 Å². The monoisotopic (exact) mass is 338 g/mol. The van der Waals surface area contributed by atoms with Crippen LogP contribution in [0.5, 0.6) is 0 Å². The lowest BCUT2D eigenvalue weighted by molar-refractivity contribution is 0.0685. The van der Waals surface area contributed by atoms with E-state index in [-0.39, 0.29) is 18.1 Å². The number of nitrogens with zero attached hydrogens (tertiary/aromatic N) is 5. The lowest BCUT2D eigenvalue weighted by Gasteiger charge is -2.23. The normalized spacial score (nSPS) is 21.7. The Kier molecular flexibility index (Phi) is 4.04. The van der Waals surface area contributed by atoms with Crippen molar-refractivity contribution in [1.82, 2.24) is 24.2 Å². The third kappa shape index (κ3) is 3.49. The number of imidazole rings is 1. The first-order valence-corrected chi connectivity index (χ1v) is 8.58. The van der Waals surface area contributed by atoms with E-state index in [1.54, 1.807) is 30.1 Å². The van der Waals surface area contributed by atoms with E-state index in [0.717, 1.165) is 0 Å². The minimum absolute atomic E-state index is 0.0650. The number of aromatic nitrogens is 4. The zero-order chi connectivity index (χ0) is 16.5. The van der Waals surface area contributed by atoms with Gasteiger partial charge in [0.05, 0.1) is 18.5 Å². The van der Waals surface area contributed by atoms with E-state index in [2.05, 4.69) is 19.7 Å². The van der Waals surface area contributed by atoms with Gasteiger partial charge in [0, 0.05) is 38.7 Å². The second-order valence-corrected chi connectivity index (χ2v) is 7.36. The van der Waals surface area contributed by atoms with Crippen molar-refractivity contribution in [3.05, 3.63) is 31.0 Å². The molecule has 3 heterocycles. The Labute approximate surface area is 134 Å². The molecule has 1 aliphatic rings. The van der Waals surface area contributed by atoms with Crippen LogP contribution < -0.4 is 9.62 Å². The van der Waals surface area contributed by atoms with Crippen LogP contribution in [0, 0.1) is 0 Å². The first-order chi connectivity index (χ1) is 10.9. The SMILES string of the molecule is Cn1cnc(S(=O)(=O)NCC2(O)CCN(c3ncccn3)C2)c1. The number of rotatable bonds is 5. The molecule has 1 unspecified atom stereocenters. The summed E-state index contributed by atoms with van der Waals surface area (Å²) >= 11 is 0. The van der Waals surface area contributed by atoms with Gasteiger partial charge in [0.15, 0.2) is 5.03 Å². The van der Waals surface area contributed by atoms with Crippen molar-refractivity contribution in [3.8, 4) is 0 Å². The van der Waals surface area contributed by atoms with E-state index in [1.165, 1.54) is 12.5 Å². The lowest BCUT2D eigenvalue weighted by Crippen LogP contribution is -2.45. The van der Waals surface area contributed by atoms with Gasteiger partial charge in [-0.2, -0.15) is 0 Å². The van der Waals surface area contributed by atoms with Crippen molar-refractivity contribution >= 4 is 16.0 Å². The van der Waals surface area contributed by atoms with E-state index in [4.69, 9.17) is 0 Å². The molecular weight excluding hydrogens is 320 g/mol. The maximum atomic E-state index is 12.2. The van der Waals surface area contributed by atoms with Gasteiger partial charge in [0.2, 0.25) is 5.95 Å². The minimum Gasteiger partial charge on any atom is -0.387 e. The third-order valence-electron chi connectivity index (χ3n) is 3.72. The number of aliphatic hydroxyl groups is 1. The number of aryl methyl sites for hydroxylation is 1. The standard InChI is InChI=1S/C13H18N6O3S/c1-18-7-11(16-10-18)23(21,22)17-8-13(20)3-6-19(9-13)12-14-4-2-5-15-12/h2,4-5,7,10,17,20H,3,6,8-9H2,1H3. The molecule has 2 aromatic rings. The van der Waals surface area contributed by atoms with Crippen molar-refractivity contribution < 1.29 is 13.5 Å². The van der Waals surface area contributed by atoms with Gasteiger partial charge in [0.25, 0.3) is 10.0 Å². The Hall–Kier alpha value is -2.04. The van der Waals surface area contributed by atoms with Crippen LogP contribution in [0.4, 0.5) is 5.95 Å². The zero-order valence-corrected chi connectivity index (χ0v) is 13.4. The maximum absolute atomic E-state index is 12.2. The summed E-state index contributed by atoms with van der Waals surface area (Å²) in [6.07, 6.45) is 6.50. The van der Waals surface area contributed by atoms with E-state index in [1.807, 2.05) is 4.90 Å². The van der Waals surface area contributed by atoms with Gasteiger partial charge in [0.1, 0.15) is 0 Å². The highest BCUT2D eigenvalue weighted by Crippen LogP contribution is 2.24. The highest BCUT2D eigenvalue weighted by Gasteiger charge is 2.38. The fraction of sp³-hybridized carbons (Fsp3) is 0.462. The minimum atomic E-state index is -3.74. The Morgan fingerprint density at radius 2 is 2.09 bits per heavy atom. The van der Waals surface area contributed by atoms with Gasteiger partial charge in [-0.05, 0) is 12.5 Å². The van der Waals surface area contributed by atoms with E-state index >= 15 is 0 Å². The quantitative estimate of drug-likeness (QED) is 0.728. The van der Waals surface area contributed by atoms with E-state index in [9.17, 15) is 13.5 Å². The fourth-order valence-corrected chi connectivity index (χ4v) is 3.55. The molecule has 1 atom stereocenters. The summed E-state index contributed by atoms with van der Waals surface area (Å²) in [5.41, 5.74) is -1.17. The Bertz CT molecular complexity index is 778. The maximum Gasteiger partial charge on any atom is 0.259 e. The van der Waals surface area contributed by atoms with Crippen LogP contribution in [0.2, 0.25) is 0 Å². The molecule has 1 fully saturated rings. The summed E-state index contributed by atoms with van der Waals surface area (Å²) in [4.78, 5) is 13.9. The van der Waals surface area contributed by atoms with Crippen LogP contribution >= 0.6 is 0 Å².